The SMILES string of the molecule is O=C(CSc1n[nH]c(/C=C/c2ccccc2)n1)NCCOc1ccccc1. The lowest BCUT2D eigenvalue weighted by Gasteiger charge is -2.06. The van der Waals surface area contributed by atoms with Gasteiger partial charge in [0.2, 0.25) is 11.1 Å². The number of carbonyl (C=O) groups is 1. The summed E-state index contributed by atoms with van der Waals surface area (Å²) in [4.78, 5) is 16.2. The summed E-state index contributed by atoms with van der Waals surface area (Å²) in [7, 11) is 0. The van der Waals surface area contributed by atoms with Crippen LogP contribution in [0.25, 0.3) is 12.2 Å². The number of rotatable bonds is 9. The minimum absolute atomic E-state index is 0.0807. The molecule has 27 heavy (non-hydrogen) atoms. The van der Waals surface area contributed by atoms with Gasteiger partial charge in [-0.25, -0.2) is 4.98 Å². The van der Waals surface area contributed by atoms with Gasteiger partial charge in [0, 0.05) is 0 Å². The summed E-state index contributed by atoms with van der Waals surface area (Å²) in [6.07, 6.45) is 3.81. The summed E-state index contributed by atoms with van der Waals surface area (Å²) in [5, 5.41) is 10.3. The van der Waals surface area contributed by atoms with E-state index in [0.29, 0.717) is 24.1 Å². The molecule has 3 rings (SSSR count). The molecule has 0 aliphatic carbocycles. The average Bonchev–Trinajstić information content (AvgIpc) is 3.18. The summed E-state index contributed by atoms with van der Waals surface area (Å²) in [5.74, 6) is 1.61. The van der Waals surface area contributed by atoms with Crippen LogP contribution in [0.15, 0.2) is 65.8 Å². The highest BCUT2D eigenvalue weighted by molar-refractivity contribution is 7.99. The molecule has 0 bridgehead atoms. The van der Waals surface area contributed by atoms with Crippen LogP contribution in [0.2, 0.25) is 0 Å². The second-order valence-corrected chi connectivity index (χ2v) is 6.49. The molecule has 1 aromatic heterocycles. The van der Waals surface area contributed by atoms with Crippen LogP contribution >= 0.6 is 11.8 Å². The molecule has 1 amide bonds. The van der Waals surface area contributed by atoms with Crippen molar-refractivity contribution in [2.45, 2.75) is 5.16 Å². The summed E-state index contributed by atoms with van der Waals surface area (Å²) in [5.41, 5.74) is 1.08. The van der Waals surface area contributed by atoms with Crippen LogP contribution in [0.1, 0.15) is 11.4 Å². The minimum Gasteiger partial charge on any atom is -0.492 e. The number of ether oxygens (including phenoxy) is 1. The maximum atomic E-state index is 11.9. The van der Waals surface area contributed by atoms with Crippen molar-refractivity contribution in [3.8, 4) is 5.75 Å². The second-order valence-electron chi connectivity index (χ2n) is 5.55. The molecule has 3 aromatic rings. The third-order valence-corrected chi connectivity index (χ3v) is 4.33. The fourth-order valence-corrected chi connectivity index (χ4v) is 2.83. The Labute approximate surface area is 162 Å². The van der Waals surface area contributed by atoms with Crippen molar-refractivity contribution in [3.05, 3.63) is 72.1 Å². The zero-order valence-electron chi connectivity index (χ0n) is 14.7. The number of amides is 1. The van der Waals surface area contributed by atoms with E-state index in [4.69, 9.17) is 4.74 Å². The predicted molar refractivity (Wildman–Crippen MR) is 107 cm³/mol. The molecule has 0 spiro atoms. The standard InChI is InChI=1S/C20H20N4O2S/c25-19(21-13-14-26-17-9-5-2-6-10-17)15-27-20-22-18(23-24-20)12-11-16-7-3-1-4-8-16/h1-12H,13-15H2,(H,21,25)(H,22,23,24)/b12-11+. The highest BCUT2D eigenvalue weighted by Gasteiger charge is 2.06. The van der Waals surface area contributed by atoms with E-state index in [-0.39, 0.29) is 11.7 Å². The van der Waals surface area contributed by atoms with Crippen molar-refractivity contribution in [3.63, 3.8) is 0 Å². The molecule has 0 radical (unpaired) electrons. The van der Waals surface area contributed by atoms with Gasteiger partial charge in [0.15, 0.2) is 0 Å². The zero-order chi connectivity index (χ0) is 18.7. The van der Waals surface area contributed by atoms with Crippen LogP contribution in [0.3, 0.4) is 0 Å². The number of benzene rings is 2. The maximum Gasteiger partial charge on any atom is 0.230 e. The van der Waals surface area contributed by atoms with Gasteiger partial charge in [-0.2, -0.15) is 0 Å². The second kappa shape index (κ2) is 10.2. The first-order valence-electron chi connectivity index (χ1n) is 8.52. The maximum absolute atomic E-state index is 11.9. The monoisotopic (exact) mass is 380 g/mol. The first-order valence-corrected chi connectivity index (χ1v) is 9.51. The summed E-state index contributed by atoms with van der Waals surface area (Å²) in [6, 6.07) is 19.4. The van der Waals surface area contributed by atoms with Crippen molar-refractivity contribution in [1.29, 1.82) is 0 Å². The summed E-state index contributed by atoms with van der Waals surface area (Å²) >= 11 is 1.29. The van der Waals surface area contributed by atoms with Crippen molar-refractivity contribution in [1.82, 2.24) is 20.5 Å². The van der Waals surface area contributed by atoms with Gasteiger partial charge in [-0.15, -0.1) is 5.10 Å². The minimum atomic E-state index is -0.0807. The lowest BCUT2D eigenvalue weighted by molar-refractivity contribution is -0.118. The Morgan fingerprint density at radius 1 is 1.07 bits per heavy atom. The van der Waals surface area contributed by atoms with E-state index in [2.05, 4.69) is 20.5 Å². The van der Waals surface area contributed by atoms with Gasteiger partial charge in [-0.3, -0.25) is 9.89 Å². The molecule has 1 heterocycles. The van der Waals surface area contributed by atoms with Crippen molar-refractivity contribution in [2.24, 2.45) is 0 Å². The van der Waals surface area contributed by atoms with Gasteiger partial charge in [-0.05, 0) is 23.8 Å². The number of nitrogens with zero attached hydrogens (tertiary/aromatic N) is 2. The number of carbonyl (C=O) groups excluding carboxylic acids is 1. The normalized spacial score (nSPS) is 10.8. The highest BCUT2D eigenvalue weighted by Crippen LogP contribution is 2.13. The smallest absolute Gasteiger partial charge is 0.230 e. The first-order chi connectivity index (χ1) is 13.3. The van der Waals surface area contributed by atoms with E-state index in [9.17, 15) is 4.79 Å². The van der Waals surface area contributed by atoms with Gasteiger partial charge < -0.3 is 10.1 Å². The number of para-hydroxylation sites is 1. The Hall–Kier alpha value is -3.06. The number of nitrogens with one attached hydrogen (secondary N) is 2. The molecule has 0 atom stereocenters. The molecule has 0 aliphatic heterocycles. The van der Waals surface area contributed by atoms with Crippen molar-refractivity contribution >= 4 is 29.8 Å². The molecule has 0 aliphatic rings. The predicted octanol–water partition coefficient (Wildman–Crippen LogP) is 3.26. The molecule has 0 unspecified atom stereocenters. The molecule has 7 heteroatoms. The van der Waals surface area contributed by atoms with Gasteiger partial charge in [0.25, 0.3) is 0 Å². The lowest BCUT2D eigenvalue weighted by atomic mass is 10.2. The van der Waals surface area contributed by atoms with Crippen LogP contribution in [0.4, 0.5) is 0 Å². The lowest BCUT2D eigenvalue weighted by Crippen LogP contribution is -2.29. The Bertz CT molecular complexity index is 866. The van der Waals surface area contributed by atoms with E-state index in [1.54, 1.807) is 0 Å². The van der Waals surface area contributed by atoms with Crippen LogP contribution in [-0.2, 0) is 4.79 Å². The van der Waals surface area contributed by atoms with E-state index >= 15 is 0 Å². The largest absolute Gasteiger partial charge is 0.492 e. The van der Waals surface area contributed by atoms with Crippen molar-refractivity contribution in [2.75, 3.05) is 18.9 Å². The molecule has 138 valence electrons. The van der Waals surface area contributed by atoms with E-state index in [0.717, 1.165) is 11.3 Å². The topological polar surface area (TPSA) is 79.9 Å². The number of H-pyrrole nitrogens is 1. The number of hydrogen-bond donors (Lipinski definition) is 2. The third kappa shape index (κ3) is 6.63. The zero-order valence-corrected chi connectivity index (χ0v) is 15.5. The number of hydrogen-bond acceptors (Lipinski definition) is 5. The average molecular weight is 380 g/mol. The summed E-state index contributed by atoms with van der Waals surface area (Å²) < 4.78 is 5.53. The molecule has 0 saturated heterocycles. The first kappa shape index (κ1) is 18.7. The van der Waals surface area contributed by atoms with Crippen LogP contribution in [-0.4, -0.2) is 40.0 Å². The van der Waals surface area contributed by atoms with E-state index < -0.39 is 0 Å². The van der Waals surface area contributed by atoms with Crippen LogP contribution in [0.5, 0.6) is 5.75 Å². The summed E-state index contributed by atoms with van der Waals surface area (Å²) in [6.45, 7) is 0.878. The van der Waals surface area contributed by atoms with Crippen molar-refractivity contribution < 1.29 is 9.53 Å². The number of aromatic nitrogens is 3. The number of thioether (sulfide) groups is 1. The quantitative estimate of drug-likeness (QED) is 0.440. The number of aromatic amines is 1. The van der Waals surface area contributed by atoms with Gasteiger partial charge >= 0.3 is 0 Å². The Kier molecular flexibility index (Phi) is 7.06. The van der Waals surface area contributed by atoms with Gasteiger partial charge in [-0.1, -0.05) is 66.4 Å². The van der Waals surface area contributed by atoms with Crippen LogP contribution < -0.4 is 10.1 Å². The fourth-order valence-electron chi connectivity index (χ4n) is 2.19. The molecular formula is C20H20N4O2S. The Balaban J connectivity index is 1.35. The molecule has 0 fully saturated rings. The van der Waals surface area contributed by atoms with E-state index in [1.165, 1.54) is 11.8 Å². The fraction of sp³-hybridized carbons (Fsp3) is 0.150. The highest BCUT2D eigenvalue weighted by atomic mass is 32.2. The third-order valence-electron chi connectivity index (χ3n) is 3.48. The molecular weight excluding hydrogens is 360 g/mol. The molecule has 0 saturated carbocycles. The van der Waals surface area contributed by atoms with Crippen LogP contribution in [0, 0.1) is 0 Å². The van der Waals surface area contributed by atoms with Gasteiger partial charge in [0.05, 0.1) is 12.3 Å². The van der Waals surface area contributed by atoms with Gasteiger partial charge in [0.1, 0.15) is 18.2 Å². The molecule has 6 nitrogen and oxygen atoms in total. The molecule has 2 aromatic carbocycles. The van der Waals surface area contributed by atoms with E-state index in [1.807, 2.05) is 72.8 Å². The Morgan fingerprint density at radius 2 is 1.81 bits per heavy atom. The molecule has 2 N–H and O–H groups in total. The Morgan fingerprint density at radius 3 is 2.59 bits per heavy atom.